The van der Waals surface area contributed by atoms with Crippen LogP contribution in [0.2, 0.25) is 0 Å². The summed E-state index contributed by atoms with van der Waals surface area (Å²) in [6, 6.07) is 0. The molecule has 0 spiro atoms. The molecule has 0 heterocycles. The van der Waals surface area contributed by atoms with Gasteiger partial charge in [-0.15, -0.1) is 0 Å². The SMILES string of the molecule is CCCCOCC(C)C(OC(C)=O)[C@H](C)C(OC(C)=O)[C@H](C)C=O. The van der Waals surface area contributed by atoms with E-state index in [9.17, 15) is 14.4 Å². The van der Waals surface area contributed by atoms with E-state index < -0.39 is 30.1 Å². The highest BCUT2D eigenvalue weighted by atomic mass is 16.6. The maximum atomic E-state index is 11.5. The van der Waals surface area contributed by atoms with Gasteiger partial charge in [-0.05, 0) is 6.42 Å². The van der Waals surface area contributed by atoms with E-state index >= 15 is 0 Å². The average Bonchev–Trinajstić information content (AvgIpc) is 2.52. The lowest BCUT2D eigenvalue weighted by Gasteiger charge is -2.34. The van der Waals surface area contributed by atoms with Crippen molar-refractivity contribution in [2.75, 3.05) is 13.2 Å². The van der Waals surface area contributed by atoms with Crippen LogP contribution in [0, 0.1) is 17.8 Å². The number of aldehydes is 1. The molecule has 0 aliphatic heterocycles. The molecule has 6 heteroatoms. The predicted octanol–water partition coefficient (Wildman–Crippen LogP) is 2.77. The third-order valence-corrected chi connectivity index (χ3v) is 3.96. The second-order valence-corrected chi connectivity index (χ2v) is 6.41. The summed E-state index contributed by atoms with van der Waals surface area (Å²) in [5.74, 6) is -1.78. The zero-order valence-electron chi connectivity index (χ0n) is 15.7. The first-order valence-corrected chi connectivity index (χ1v) is 8.62. The molecule has 0 aliphatic carbocycles. The van der Waals surface area contributed by atoms with Gasteiger partial charge in [-0.1, -0.05) is 34.1 Å². The third-order valence-electron chi connectivity index (χ3n) is 3.96. The Hall–Kier alpha value is -1.43. The second-order valence-electron chi connectivity index (χ2n) is 6.41. The fraction of sp³-hybridized carbons (Fsp3) is 0.833. The molecule has 0 saturated heterocycles. The lowest BCUT2D eigenvalue weighted by molar-refractivity contribution is -0.166. The van der Waals surface area contributed by atoms with E-state index in [4.69, 9.17) is 14.2 Å². The number of hydrogen-bond acceptors (Lipinski definition) is 6. The average molecular weight is 344 g/mol. The number of rotatable bonds is 12. The number of hydrogen-bond donors (Lipinski definition) is 0. The van der Waals surface area contributed by atoms with E-state index in [-0.39, 0.29) is 11.8 Å². The normalized spacial score (nSPS) is 17.2. The van der Waals surface area contributed by atoms with Crippen LogP contribution in [0.1, 0.15) is 54.4 Å². The summed E-state index contributed by atoms with van der Waals surface area (Å²) in [7, 11) is 0. The summed E-state index contributed by atoms with van der Waals surface area (Å²) in [5, 5.41) is 0. The van der Waals surface area contributed by atoms with Crippen molar-refractivity contribution in [2.45, 2.75) is 66.6 Å². The fourth-order valence-corrected chi connectivity index (χ4v) is 2.69. The molecular weight excluding hydrogens is 312 g/mol. The van der Waals surface area contributed by atoms with Gasteiger partial charge in [-0.2, -0.15) is 0 Å². The molecule has 6 nitrogen and oxygen atoms in total. The number of esters is 2. The van der Waals surface area contributed by atoms with E-state index in [1.807, 2.05) is 13.8 Å². The number of carbonyl (C=O) groups excluding carboxylic acids is 3. The summed E-state index contributed by atoms with van der Waals surface area (Å²) in [4.78, 5) is 34.0. The zero-order chi connectivity index (χ0) is 18.7. The van der Waals surface area contributed by atoms with Gasteiger partial charge in [0.25, 0.3) is 0 Å². The van der Waals surface area contributed by atoms with Crippen LogP contribution in [0.3, 0.4) is 0 Å². The van der Waals surface area contributed by atoms with Crippen LogP contribution >= 0.6 is 0 Å². The summed E-state index contributed by atoms with van der Waals surface area (Å²) < 4.78 is 16.4. The number of unbranched alkanes of at least 4 members (excludes halogenated alkanes) is 1. The second kappa shape index (κ2) is 12.0. The van der Waals surface area contributed by atoms with Crippen LogP contribution in [0.5, 0.6) is 0 Å². The highest BCUT2D eigenvalue weighted by Gasteiger charge is 2.37. The Kier molecular flexibility index (Phi) is 11.3. The van der Waals surface area contributed by atoms with Gasteiger partial charge in [0.2, 0.25) is 0 Å². The van der Waals surface area contributed by atoms with Crippen LogP contribution in [-0.2, 0) is 28.6 Å². The van der Waals surface area contributed by atoms with Crippen molar-refractivity contribution in [3.63, 3.8) is 0 Å². The third kappa shape index (κ3) is 8.43. The Balaban J connectivity index is 5.10. The first kappa shape index (κ1) is 22.6. The lowest BCUT2D eigenvalue weighted by Crippen LogP contribution is -2.43. The molecule has 0 N–H and O–H groups in total. The standard InChI is InChI=1S/C18H32O6/c1-7-8-9-22-11-13(3)18(24-16(6)21)14(4)17(12(2)10-19)23-15(5)20/h10,12-14,17-18H,7-9,11H2,1-6H3/t12-,13?,14-,17?,18?/m1/s1. The smallest absolute Gasteiger partial charge is 0.302 e. The molecule has 0 bridgehead atoms. The van der Waals surface area contributed by atoms with Gasteiger partial charge >= 0.3 is 11.9 Å². The maximum Gasteiger partial charge on any atom is 0.302 e. The fourth-order valence-electron chi connectivity index (χ4n) is 2.69. The van der Waals surface area contributed by atoms with E-state index in [0.29, 0.717) is 13.2 Å². The van der Waals surface area contributed by atoms with Crippen LogP contribution in [0.25, 0.3) is 0 Å². The van der Waals surface area contributed by atoms with E-state index in [0.717, 1.165) is 19.1 Å². The summed E-state index contributed by atoms with van der Waals surface area (Å²) in [6.07, 6.45) is 1.61. The Bertz CT molecular complexity index is 395. The van der Waals surface area contributed by atoms with Gasteiger partial charge in [-0.3, -0.25) is 9.59 Å². The van der Waals surface area contributed by atoms with Gasteiger partial charge in [0, 0.05) is 38.2 Å². The molecule has 0 aromatic carbocycles. The van der Waals surface area contributed by atoms with Crippen LogP contribution in [-0.4, -0.2) is 43.6 Å². The van der Waals surface area contributed by atoms with Crippen LogP contribution in [0.15, 0.2) is 0 Å². The van der Waals surface area contributed by atoms with Gasteiger partial charge < -0.3 is 19.0 Å². The molecule has 0 amide bonds. The maximum absolute atomic E-state index is 11.5. The molecule has 0 rings (SSSR count). The van der Waals surface area contributed by atoms with E-state index in [1.165, 1.54) is 13.8 Å². The molecule has 0 fully saturated rings. The number of carbonyl (C=O) groups is 3. The molecule has 0 saturated carbocycles. The van der Waals surface area contributed by atoms with Crippen LogP contribution < -0.4 is 0 Å². The van der Waals surface area contributed by atoms with Crippen molar-refractivity contribution in [1.82, 2.24) is 0 Å². The summed E-state index contributed by atoms with van der Waals surface area (Å²) >= 11 is 0. The van der Waals surface area contributed by atoms with Crippen molar-refractivity contribution in [3.8, 4) is 0 Å². The summed E-state index contributed by atoms with van der Waals surface area (Å²) in [5.41, 5.74) is 0. The van der Waals surface area contributed by atoms with Gasteiger partial charge in [0.1, 0.15) is 18.5 Å². The first-order chi connectivity index (χ1) is 11.2. The Morgan fingerprint density at radius 2 is 1.54 bits per heavy atom. The predicted molar refractivity (Wildman–Crippen MR) is 90.4 cm³/mol. The molecule has 0 aliphatic rings. The highest BCUT2D eigenvalue weighted by molar-refractivity contribution is 5.67. The molecular formula is C18H32O6. The van der Waals surface area contributed by atoms with Gasteiger partial charge in [-0.25, -0.2) is 0 Å². The highest BCUT2D eigenvalue weighted by Crippen LogP contribution is 2.26. The molecule has 24 heavy (non-hydrogen) atoms. The van der Waals surface area contributed by atoms with Gasteiger partial charge in [0.05, 0.1) is 6.61 Å². The van der Waals surface area contributed by atoms with E-state index in [1.54, 1.807) is 6.92 Å². The molecule has 0 aromatic rings. The van der Waals surface area contributed by atoms with Crippen LogP contribution in [0.4, 0.5) is 0 Å². The quantitative estimate of drug-likeness (QED) is 0.308. The molecule has 140 valence electrons. The minimum atomic E-state index is -0.651. The number of ether oxygens (including phenoxy) is 3. The topological polar surface area (TPSA) is 78.9 Å². The Morgan fingerprint density at radius 1 is 1.00 bits per heavy atom. The van der Waals surface area contributed by atoms with Crippen molar-refractivity contribution in [2.24, 2.45) is 17.8 Å². The minimum Gasteiger partial charge on any atom is -0.462 e. The monoisotopic (exact) mass is 344 g/mol. The Labute approximate surface area is 145 Å². The zero-order valence-corrected chi connectivity index (χ0v) is 15.7. The van der Waals surface area contributed by atoms with Crippen molar-refractivity contribution < 1.29 is 28.6 Å². The first-order valence-electron chi connectivity index (χ1n) is 8.62. The van der Waals surface area contributed by atoms with E-state index in [2.05, 4.69) is 6.92 Å². The lowest BCUT2D eigenvalue weighted by atomic mass is 9.84. The largest absolute Gasteiger partial charge is 0.462 e. The molecule has 5 atom stereocenters. The van der Waals surface area contributed by atoms with Crippen molar-refractivity contribution in [3.05, 3.63) is 0 Å². The van der Waals surface area contributed by atoms with Crippen molar-refractivity contribution >= 4 is 18.2 Å². The molecule has 0 radical (unpaired) electrons. The molecule has 3 unspecified atom stereocenters. The minimum absolute atomic E-state index is 0.0855. The molecule has 0 aromatic heterocycles. The summed E-state index contributed by atoms with van der Waals surface area (Å²) in [6.45, 7) is 11.2. The van der Waals surface area contributed by atoms with Crippen molar-refractivity contribution in [1.29, 1.82) is 0 Å². The Morgan fingerprint density at radius 3 is 2.00 bits per heavy atom. The van der Waals surface area contributed by atoms with Gasteiger partial charge in [0.15, 0.2) is 0 Å².